The molecule has 1 rings (SSSR count). The van der Waals surface area contributed by atoms with Crippen LogP contribution >= 0.6 is 0 Å². The van der Waals surface area contributed by atoms with Gasteiger partial charge in [-0.05, 0) is 12.1 Å². The molecule has 1 amide bonds. The number of carbonyl (C=O) groups excluding carboxylic acids is 2. The van der Waals surface area contributed by atoms with Gasteiger partial charge in [-0.15, -0.1) is 0 Å². The van der Waals surface area contributed by atoms with E-state index in [0.29, 0.717) is 11.3 Å². The summed E-state index contributed by atoms with van der Waals surface area (Å²) in [6.07, 6.45) is 0. The Morgan fingerprint density at radius 3 is 2.12 bits per heavy atom. The third-order valence-electron chi connectivity index (χ3n) is 1.91. The molecule has 0 aliphatic carbocycles. The van der Waals surface area contributed by atoms with Crippen LogP contribution in [0.15, 0.2) is 29.4 Å². The van der Waals surface area contributed by atoms with E-state index in [9.17, 15) is 9.59 Å². The van der Waals surface area contributed by atoms with E-state index in [1.165, 1.54) is 13.8 Å². The fourth-order valence-electron chi connectivity index (χ4n) is 1.25. The fourth-order valence-corrected chi connectivity index (χ4v) is 1.25. The normalized spacial score (nSPS) is 11.0. The topological polar surface area (TPSA) is 78.8 Å². The van der Waals surface area contributed by atoms with E-state index in [1.807, 2.05) is 0 Å². The molecule has 0 aliphatic heterocycles. The molecular formula is C11H12N2O3. The molecule has 2 N–H and O–H groups in total. The first-order chi connectivity index (χ1) is 7.54. The second-order valence-electron chi connectivity index (χ2n) is 3.26. The minimum Gasteiger partial charge on any atom is -0.410 e. The molecule has 0 heterocycles. The van der Waals surface area contributed by atoms with Gasteiger partial charge in [0, 0.05) is 25.1 Å². The summed E-state index contributed by atoms with van der Waals surface area (Å²) in [5, 5.41) is 14.2. The van der Waals surface area contributed by atoms with Gasteiger partial charge in [-0.25, -0.2) is 0 Å². The van der Waals surface area contributed by atoms with Crippen molar-refractivity contribution >= 4 is 23.1 Å². The highest BCUT2D eigenvalue weighted by molar-refractivity contribution is 6.45. The van der Waals surface area contributed by atoms with E-state index < -0.39 is 0 Å². The zero-order valence-electron chi connectivity index (χ0n) is 9.02. The standard InChI is InChI=1S/C11H12N2O3/c1-7(14)11(13-16)9-3-5-10(6-4-9)12-8(2)15/h3-6,16H,1-2H3,(H,12,15). The third kappa shape index (κ3) is 2.91. The van der Waals surface area contributed by atoms with Crippen LogP contribution in [0.5, 0.6) is 0 Å². The summed E-state index contributed by atoms with van der Waals surface area (Å²) >= 11 is 0. The maximum atomic E-state index is 11.1. The molecule has 0 spiro atoms. The van der Waals surface area contributed by atoms with E-state index in [-0.39, 0.29) is 17.4 Å². The Morgan fingerprint density at radius 2 is 1.75 bits per heavy atom. The molecule has 0 saturated heterocycles. The number of ketones is 1. The second kappa shape index (κ2) is 5.06. The summed E-state index contributed by atoms with van der Waals surface area (Å²) in [5.74, 6) is -0.495. The number of oxime groups is 1. The molecule has 0 bridgehead atoms. The van der Waals surface area contributed by atoms with Crippen molar-refractivity contribution in [1.29, 1.82) is 0 Å². The van der Waals surface area contributed by atoms with Crippen LogP contribution in [0.3, 0.4) is 0 Å². The predicted molar refractivity (Wildman–Crippen MR) is 59.8 cm³/mol. The first-order valence-electron chi connectivity index (χ1n) is 4.65. The minimum absolute atomic E-state index is 0.00521. The van der Waals surface area contributed by atoms with Crippen molar-refractivity contribution in [2.24, 2.45) is 5.16 Å². The Bertz CT molecular complexity index is 435. The Morgan fingerprint density at radius 1 is 1.19 bits per heavy atom. The van der Waals surface area contributed by atoms with Crippen molar-refractivity contribution in [3.63, 3.8) is 0 Å². The van der Waals surface area contributed by atoms with Gasteiger partial charge in [0.2, 0.25) is 5.91 Å². The van der Waals surface area contributed by atoms with E-state index in [2.05, 4.69) is 10.5 Å². The van der Waals surface area contributed by atoms with Gasteiger partial charge in [-0.2, -0.15) is 0 Å². The molecule has 5 nitrogen and oxygen atoms in total. The van der Waals surface area contributed by atoms with Crippen LogP contribution in [0.1, 0.15) is 19.4 Å². The molecule has 0 fully saturated rings. The van der Waals surface area contributed by atoms with Crippen molar-refractivity contribution in [1.82, 2.24) is 0 Å². The summed E-state index contributed by atoms with van der Waals surface area (Å²) in [6.45, 7) is 2.72. The second-order valence-corrected chi connectivity index (χ2v) is 3.26. The van der Waals surface area contributed by atoms with Crippen molar-refractivity contribution in [3.05, 3.63) is 29.8 Å². The van der Waals surface area contributed by atoms with Gasteiger partial charge in [-0.3, -0.25) is 9.59 Å². The lowest BCUT2D eigenvalue weighted by atomic mass is 10.1. The van der Waals surface area contributed by atoms with Crippen LogP contribution < -0.4 is 5.32 Å². The largest absolute Gasteiger partial charge is 0.410 e. The lowest BCUT2D eigenvalue weighted by Gasteiger charge is -2.04. The Hall–Kier alpha value is -2.17. The minimum atomic E-state index is -0.324. The van der Waals surface area contributed by atoms with Gasteiger partial charge in [0.05, 0.1) is 0 Å². The van der Waals surface area contributed by atoms with Crippen molar-refractivity contribution in [2.45, 2.75) is 13.8 Å². The van der Waals surface area contributed by atoms with E-state index in [4.69, 9.17) is 5.21 Å². The maximum Gasteiger partial charge on any atom is 0.221 e. The lowest BCUT2D eigenvalue weighted by Crippen LogP contribution is -2.12. The van der Waals surface area contributed by atoms with Gasteiger partial charge in [-0.1, -0.05) is 17.3 Å². The number of anilines is 1. The van der Waals surface area contributed by atoms with Crippen molar-refractivity contribution < 1.29 is 14.8 Å². The number of hydrogen-bond donors (Lipinski definition) is 2. The summed E-state index contributed by atoms with van der Waals surface area (Å²) in [5.41, 5.74) is 1.12. The molecule has 0 radical (unpaired) electrons. The van der Waals surface area contributed by atoms with Crippen LogP contribution in [0.2, 0.25) is 0 Å². The van der Waals surface area contributed by atoms with Gasteiger partial charge in [0.25, 0.3) is 0 Å². The highest BCUT2D eigenvalue weighted by Crippen LogP contribution is 2.10. The molecule has 16 heavy (non-hydrogen) atoms. The quantitative estimate of drug-likeness (QED) is 0.459. The molecule has 0 atom stereocenters. The number of nitrogens with zero attached hydrogens (tertiary/aromatic N) is 1. The molecule has 0 aromatic heterocycles. The Balaban J connectivity index is 2.94. The van der Waals surface area contributed by atoms with Gasteiger partial charge in [0.15, 0.2) is 11.5 Å². The Kier molecular flexibility index (Phi) is 3.77. The van der Waals surface area contributed by atoms with Crippen LogP contribution in [0, 0.1) is 0 Å². The summed E-state index contributed by atoms with van der Waals surface area (Å²) in [7, 11) is 0. The molecule has 1 aromatic carbocycles. The molecule has 1 aromatic rings. The zero-order chi connectivity index (χ0) is 12.1. The SMILES string of the molecule is CC(=O)Nc1ccc(C(=NO)C(C)=O)cc1. The van der Waals surface area contributed by atoms with Crippen LogP contribution in [0.4, 0.5) is 5.69 Å². The molecule has 84 valence electrons. The number of hydrogen-bond acceptors (Lipinski definition) is 4. The van der Waals surface area contributed by atoms with Crippen LogP contribution in [-0.4, -0.2) is 22.6 Å². The average Bonchev–Trinajstić information content (AvgIpc) is 2.20. The first kappa shape index (κ1) is 11.9. The molecular weight excluding hydrogens is 208 g/mol. The highest BCUT2D eigenvalue weighted by Gasteiger charge is 2.09. The van der Waals surface area contributed by atoms with E-state index in [0.717, 1.165) is 0 Å². The number of rotatable bonds is 3. The number of Topliss-reactive ketones (excluding diaryl/α,β-unsaturated/α-hetero) is 1. The number of benzene rings is 1. The number of amides is 1. The van der Waals surface area contributed by atoms with Crippen LogP contribution in [0.25, 0.3) is 0 Å². The highest BCUT2D eigenvalue weighted by atomic mass is 16.4. The molecule has 0 saturated carbocycles. The zero-order valence-corrected chi connectivity index (χ0v) is 9.02. The number of nitrogens with one attached hydrogen (secondary N) is 1. The third-order valence-corrected chi connectivity index (χ3v) is 1.91. The Labute approximate surface area is 92.8 Å². The summed E-state index contributed by atoms with van der Waals surface area (Å²) in [4.78, 5) is 21.8. The van der Waals surface area contributed by atoms with Gasteiger partial charge >= 0.3 is 0 Å². The van der Waals surface area contributed by atoms with E-state index in [1.54, 1.807) is 24.3 Å². The molecule has 0 aliphatic rings. The lowest BCUT2D eigenvalue weighted by molar-refractivity contribution is -0.114. The van der Waals surface area contributed by atoms with E-state index >= 15 is 0 Å². The van der Waals surface area contributed by atoms with Crippen molar-refractivity contribution in [2.75, 3.05) is 5.32 Å². The smallest absolute Gasteiger partial charge is 0.221 e. The van der Waals surface area contributed by atoms with Gasteiger partial charge < -0.3 is 10.5 Å². The number of carbonyl (C=O) groups is 2. The van der Waals surface area contributed by atoms with Crippen LogP contribution in [-0.2, 0) is 9.59 Å². The summed E-state index contributed by atoms with van der Waals surface area (Å²) < 4.78 is 0. The fraction of sp³-hybridized carbons (Fsp3) is 0.182. The molecule has 0 unspecified atom stereocenters. The van der Waals surface area contributed by atoms with Gasteiger partial charge in [0.1, 0.15) is 0 Å². The predicted octanol–water partition coefficient (Wildman–Crippen LogP) is 1.41. The monoisotopic (exact) mass is 220 g/mol. The van der Waals surface area contributed by atoms with Crippen molar-refractivity contribution in [3.8, 4) is 0 Å². The maximum absolute atomic E-state index is 11.1. The summed E-state index contributed by atoms with van der Waals surface area (Å²) in [6, 6.07) is 6.46. The molecule has 5 heteroatoms. The first-order valence-corrected chi connectivity index (χ1v) is 4.65. The average molecular weight is 220 g/mol.